The summed E-state index contributed by atoms with van der Waals surface area (Å²) in [6.07, 6.45) is 3.58. The highest BCUT2D eigenvalue weighted by atomic mass is 15.3. The molecule has 0 fully saturated rings. The molecular formula is C14H20N6. The van der Waals surface area contributed by atoms with Crippen LogP contribution in [0.5, 0.6) is 0 Å². The molecule has 2 heterocycles. The van der Waals surface area contributed by atoms with Gasteiger partial charge < -0.3 is 10.6 Å². The maximum absolute atomic E-state index is 4.35. The SMILES string of the molecule is CN=C(NCc1ncccc1C)NCc1ccnn1C. The predicted octanol–water partition coefficient (Wildman–Crippen LogP) is 0.989. The minimum Gasteiger partial charge on any atom is -0.351 e. The highest BCUT2D eigenvalue weighted by Gasteiger charge is 2.03. The number of nitrogens with zero attached hydrogens (tertiary/aromatic N) is 4. The molecule has 106 valence electrons. The van der Waals surface area contributed by atoms with Gasteiger partial charge in [-0.15, -0.1) is 0 Å². The van der Waals surface area contributed by atoms with Gasteiger partial charge in [0, 0.05) is 26.5 Å². The van der Waals surface area contributed by atoms with Gasteiger partial charge in [0.05, 0.1) is 24.5 Å². The molecule has 0 atom stereocenters. The summed E-state index contributed by atoms with van der Waals surface area (Å²) < 4.78 is 1.84. The zero-order valence-corrected chi connectivity index (χ0v) is 12.1. The Bertz CT molecular complexity index is 587. The van der Waals surface area contributed by atoms with E-state index in [1.807, 2.05) is 23.9 Å². The fourth-order valence-electron chi connectivity index (χ4n) is 1.84. The van der Waals surface area contributed by atoms with Gasteiger partial charge >= 0.3 is 0 Å². The topological polar surface area (TPSA) is 67.1 Å². The lowest BCUT2D eigenvalue weighted by atomic mass is 10.2. The minimum absolute atomic E-state index is 0.651. The zero-order chi connectivity index (χ0) is 14.4. The second-order valence-electron chi connectivity index (χ2n) is 4.49. The van der Waals surface area contributed by atoms with Crippen LogP contribution >= 0.6 is 0 Å². The molecule has 0 aliphatic rings. The molecule has 0 unspecified atom stereocenters. The van der Waals surface area contributed by atoms with Crippen molar-refractivity contribution in [3.8, 4) is 0 Å². The average molecular weight is 272 g/mol. The third-order valence-electron chi connectivity index (χ3n) is 3.12. The van der Waals surface area contributed by atoms with E-state index in [2.05, 4.69) is 38.7 Å². The van der Waals surface area contributed by atoms with Crippen molar-refractivity contribution in [2.75, 3.05) is 7.05 Å². The summed E-state index contributed by atoms with van der Waals surface area (Å²) >= 11 is 0. The first-order valence-corrected chi connectivity index (χ1v) is 6.52. The molecule has 0 saturated carbocycles. The molecule has 0 amide bonds. The number of nitrogens with one attached hydrogen (secondary N) is 2. The van der Waals surface area contributed by atoms with E-state index >= 15 is 0 Å². The van der Waals surface area contributed by atoms with Crippen LogP contribution in [0, 0.1) is 6.92 Å². The van der Waals surface area contributed by atoms with Crippen LogP contribution in [0.2, 0.25) is 0 Å². The molecule has 6 heteroatoms. The van der Waals surface area contributed by atoms with Crippen LogP contribution in [0.3, 0.4) is 0 Å². The molecule has 0 bridgehead atoms. The molecule has 0 spiro atoms. The Morgan fingerprint density at radius 1 is 1.25 bits per heavy atom. The lowest BCUT2D eigenvalue weighted by Gasteiger charge is -2.12. The maximum Gasteiger partial charge on any atom is 0.191 e. The first-order valence-electron chi connectivity index (χ1n) is 6.52. The summed E-state index contributed by atoms with van der Waals surface area (Å²) in [4.78, 5) is 8.55. The number of aliphatic imine (C=N–C) groups is 1. The Morgan fingerprint density at radius 2 is 2.05 bits per heavy atom. The first kappa shape index (κ1) is 14.0. The van der Waals surface area contributed by atoms with E-state index in [9.17, 15) is 0 Å². The highest BCUT2D eigenvalue weighted by molar-refractivity contribution is 5.79. The quantitative estimate of drug-likeness (QED) is 0.643. The lowest BCUT2D eigenvalue weighted by molar-refractivity contribution is 0.683. The van der Waals surface area contributed by atoms with Gasteiger partial charge in [-0.1, -0.05) is 6.07 Å². The van der Waals surface area contributed by atoms with Crippen molar-refractivity contribution in [3.63, 3.8) is 0 Å². The molecule has 2 aromatic rings. The van der Waals surface area contributed by atoms with E-state index < -0.39 is 0 Å². The molecular weight excluding hydrogens is 252 g/mol. The monoisotopic (exact) mass is 272 g/mol. The second kappa shape index (κ2) is 6.70. The largest absolute Gasteiger partial charge is 0.351 e. The number of hydrogen-bond acceptors (Lipinski definition) is 3. The molecule has 6 nitrogen and oxygen atoms in total. The number of guanidine groups is 1. The molecule has 2 rings (SSSR count). The first-order chi connectivity index (χ1) is 9.70. The summed E-state index contributed by atoms with van der Waals surface area (Å²) in [7, 11) is 3.67. The van der Waals surface area contributed by atoms with Crippen molar-refractivity contribution in [2.45, 2.75) is 20.0 Å². The summed E-state index contributed by atoms with van der Waals surface area (Å²) in [5, 5.41) is 10.6. The molecule has 20 heavy (non-hydrogen) atoms. The standard InChI is InChI=1S/C14H20N6/c1-11-5-4-7-16-13(11)10-18-14(15-2)17-9-12-6-8-19-20(12)3/h4-8H,9-10H2,1-3H3,(H2,15,17,18). The van der Waals surface area contributed by atoms with Crippen LogP contribution in [-0.4, -0.2) is 27.8 Å². The van der Waals surface area contributed by atoms with Crippen molar-refractivity contribution in [1.82, 2.24) is 25.4 Å². The third kappa shape index (κ3) is 3.57. The number of hydrogen-bond donors (Lipinski definition) is 2. The molecule has 2 N–H and O–H groups in total. The van der Waals surface area contributed by atoms with E-state index in [-0.39, 0.29) is 0 Å². The van der Waals surface area contributed by atoms with E-state index in [0.29, 0.717) is 13.1 Å². The van der Waals surface area contributed by atoms with Gasteiger partial charge in [-0.05, 0) is 24.6 Å². The third-order valence-corrected chi connectivity index (χ3v) is 3.12. The average Bonchev–Trinajstić information content (AvgIpc) is 2.86. The summed E-state index contributed by atoms with van der Waals surface area (Å²) in [5.74, 6) is 0.747. The molecule has 0 aliphatic heterocycles. The number of rotatable bonds is 4. The van der Waals surface area contributed by atoms with E-state index in [4.69, 9.17) is 0 Å². The van der Waals surface area contributed by atoms with Crippen LogP contribution in [0.1, 0.15) is 17.0 Å². The Balaban J connectivity index is 1.87. The Hall–Kier alpha value is -2.37. The Morgan fingerprint density at radius 3 is 2.70 bits per heavy atom. The Labute approximate surface area is 119 Å². The molecule has 2 aromatic heterocycles. The van der Waals surface area contributed by atoms with Crippen LogP contribution in [-0.2, 0) is 20.1 Å². The van der Waals surface area contributed by atoms with Crippen molar-refractivity contribution in [1.29, 1.82) is 0 Å². The summed E-state index contributed by atoms with van der Waals surface area (Å²) in [5.41, 5.74) is 3.29. The smallest absolute Gasteiger partial charge is 0.191 e. The van der Waals surface area contributed by atoms with Gasteiger partial charge in [0.25, 0.3) is 0 Å². The summed E-state index contributed by atoms with van der Waals surface area (Å²) in [6.45, 7) is 3.38. The van der Waals surface area contributed by atoms with Crippen LogP contribution in [0.15, 0.2) is 35.6 Å². The van der Waals surface area contributed by atoms with Crippen LogP contribution in [0.25, 0.3) is 0 Å². The zero-order valence-electron chi connectivity index (χ0n) is 12.1. The normalized spacial score (nSPS) is 11.4. The van der Waals surface area contributed by atoms with Crippen LogP contribution in [0.4, 0.5) is 0 Å². The minimum atomic E-state index is 0.651. The lowest BCUT2D eigenvalue weighted by Crippen LogP contribution is -2.37. The van der Waals surface area contributed by atoms with Crippen LogP contribution < -0.4 is 10.6 Å². The van der Waals surface area contributed by atoms with Gasteiger partial charge in [-0.2, -0.15) is 5.10 Å². The van der Waals surface area contributed by atoms with E-state index in [0.717, 1.165) is 17.3 Å². The van der Waals surface area contributed by atoms with E-state index in [1.165, 1.54) is 5.56 Å². The van der Waals surface area contributed by atoms with E-state index in [1.54, 1.807) is 19.4 Å². The molecule has 0 radical (unpaired) electrons. The number of aryl methyl sites for hydroxylation is 2. The van der Waals surface area contributed by atoms with Crippen molar-refractivity contribution < 1.29 is 0 Å². The number of pyridine rings is 1. The van der Waals surface area contributed by atoms with Crippen molar-refractivity contribution >= 4 is 5.96 Å². The molecule has 0 saturated heterocycles. The molecule has 0 aromatic carbocycles. The summed E-state index contributed by atoms with van der Waals surface area (Å²) in [6, 6.07) is 5.97. The predicted molar refractivity (Wildman–Crippen MR) is 79.2 cm³/mol. The molecule has 0 aliphatic carbocycles. The Kier molecular flexibility index (Phi) is 4.70. The number of aromatic nitrogens is 3. The fourth-order valence-corrected chi connectivity index (χ4v) is 1.84. The maximum atomic E-state index is 4.35. The van der Waals surface area contributed by atoms with Gasteiger partial charge in [0.2, 0.25) is 0 Å². The van der Waals surface area contributed by atoms with Crippen molar-refractivity contribution in [2.24, 2.45) is 12.0 Å². The highest BCUT2D eigenvalue weighted by Crippen LogP contribution is 2.02. The van der Waals surface area contributed by atoms with Crippen molar-refractivity contribution in [3.05, 3.63) is 47.5 Å². The van der Waals surface area contributed by atoms with Gasteiger partial charge in [0.15, 0.2) is 5.96 Å². The van der Waals surface area contributed by atoms with Gasteiger partial charge in [-0.25, -0.2) is 0 Å². The fraction of sp³-hybridized carbons (Fsp3) is 0.357. The van der Waals surface area contributed by atoms with Gasteiger partial charge in [0.1, 0.15) is 0 Å². The second-order valence-corrected chi connectivity index (χ2v) is 4.49. The van der Waals surface area contributed by atoms with Gasteiger partial charge in [-0.3, -0.25) is 14.7 Å².